The van der Waals surface area contributed by atoms with Crippen LogP contribution in [-0.2, 0) is 27.2 Å². The number of anilines is 2. The molecule has 34 heavy (non-hydrogen) atoms. The van der Waals surface area contributed by atoms with Gasteiger partial charge in [0.05, 0.1) is 36.2 Å². The van der Waals surface area contributed by atoms with Crippen molar-refractivity contribution >= 4 is 51.0 Å². The summed E-state index contributed by atoms with van der Waals surface area (Å²) in [5.74, 6) is -0.315. The number of methoxy groups -OCH3 is 1. The predicted octanol–water partition coefficient (Wildman–Crippen LogP) is 6.42. The molecule has 174 valence electrons. The van der Waals surface area contributed by atoms with Crippen LogP contribution in [0.3, 0.4) is 0 Å². The van der Waals surface area contributed by atoms with Crippen LogP contribution in [0.25, 0.3) is 21.9 Å². The van der Waals surface area contributed by atoms with E-state index in [1.54, 1.807) is 18.2 Å². The predicted molar refractivity (Wildman–Crippen MR) is 137 cm³/mol. The molecule has 0 aliphatic rings. The van der Waals surface area contributed by atoms with Crippen molar-refractivity contribution in [2.75, 3.05) is 11.4 Å². The zero-order chi connectivity index (χ0) is 24.4. The molecule has 0 bridgehead atoms. The number of carbonyl (C=O) groups excluding carboxylic acids is 1. The zero-order valence-corrected chi connectivity index (χ0v) is 20.6. The number of halogens is 1. The van der Waals surface area contributed by atoms with Crippen LogP contribution >= 0.6 is 11.6 Å². The van der Waals surface area contributed by atoms with Gasteiger partial charge in [0.1, 0.15) is 0 Å². The van der Waals surface area contributed by atoms with Gasteiger partial charge in [0.2, 0.25) is 0 Å². The van der Waals surface area contributed by atoms with Crippen molar-refractivity contribution < 1.29 is 18.3 Å². The van der Waals surface area contributed by atoms with Gasteiger partial charge in [-0.15, -0.1) is 0 Å². The molecule has 1 unspecified atom stereocenters. The first-order valence-electron chi connectivity index (χ1n) is 10.6. The van der Waals surface area contributed by atoms with Crippen molar-refractivity contribution in [3.63, 3.8) is 0 Å². The van der Waals surface area contributed by atoms with Crippen LogP contribution < -0.4 is 4.31 Å². The van der Waals surface area contributed by atoms with Gasteiger partial charge in [-0.3, -0.25) is 13.3 Å². The van der Waals surface area contributed by atoms with E-state index < -0.39 is 11.3 Å². The summed E-state index contributed by atoms with van der Waals surface area (Å²) in [6, 6.07) is 22.3. The average molecular weight is 493 g/mol. The Balaban J connectivity index is 1.85. The summed E-state index contributed by atoms with van der Waals surface area (Å²) in [6.07, 6.45) is 0.155. The van der Waals surface area contributed by atoms with Crippen molar-refractivity contribution in [3.8, 4) is 11.1 Å². The van der Waals surface area contributed by atoms with Gasteiger partial charge < -0.3 is 9.29 Å². The minimum atomic E-state index is -2.49. The van der Waals surface area contributed by atoms with E-state index in [0.29, 0.717) is 16.4 Å². The average Bonchev–Trinajstić information content (AvgIpc) is 2.81. The van der Waals surface area contributed by atoms with E-state index >= 15 is 0 Å². The summed E-state index contributed by atoms with van der Waals surface area (Å²) in [4.78, 5) is 12.0. The second kappa shape index (κ2) is 9.97. The van der Waals surface area contributed by atoms with Gasteiger partial charge in [0, 0.05) is 5.02 Å². The van der Waals surface area contributed by atoms with E-state index in [1.807, 2.05) is 68.4 Å². The highest BCUT2D eigenvalue weighted by atomic mass is 35.5. The summed E-state index contributed by atoms with van der Waals surface area (Å²) in [7, 11) is 1.37. The molecule has 4 aromatic carbocycles. The van der Waals surface area contributed by atoms with Gasteiger partial charge in [0.15, 0.2) is 0 Å². The van der Waals surface area contributed by atoms with Gasteiger partial charge in [-0.05, 0) is 82.8 Å². The Labute approximate surface area is 206 Å². The topological polar surface area (TPSA) is 69.7 Å². The number of carbonyl (C=O) groups is 1. The quantitative estimate of drug-likeness (QED) is 0.230. The number of rotatable bonds is 6. The Morgan fingerprint density at radius 3 is 2.38 bits per heavy atom. The standard InChI is InChI=1S/C27H24ClNO4S/c1-17-6-4-5-7-25(17)29(34(31)32)23-12-9-19(10-13-23)27-18(2)21(15-26(30)33-3)14-20-8-11-22(28)16-24(20)27/h4-14,16H,15H2,1-3H3,(H,31,32)/p-1. The summed E-state index contributed by atoms with van der Waals surface area (Å²) >= 11 is 3.82. The normalized spacial score (nSPS) is 11.9. The number of para-hydroxylation sites is 1. The largest absolute Gasteiger partial charge is 0.755 e. The number of ether oxygens (including phenoxy) is 1. The van der Waals surface area contributed by atoms with Gasteiger partial charge in [0.25, 0.3) is 0 Å². The number of aryl methyl sites for hydroxylation is 1. The molecule has 0 spiro atoms. The third kappa shape index (κ3) is 4.71. The minimum Gasteiger partial charge on any atom is -0.755 e. The summed E-state index contributed by atoms with van der Waals surface area (Å²) < 4.78 is 30.4. The smallest absolute Gasteiger partial charge is 0.309 e. The Hall–Kier alpha value is -3.19. The molecule has 0 radical (unpaired) electrons. The first kappa shape index (κ1) is 24.0. The lowest BCUT2D eigenvalue weighted by Crippen LogP contribution is -2.20. The summed E-state index contributed by atoms with van der Waals surface area (Å²) in [5.41, 5.74) is 5.61. The highest BCUT2D eigenvalue weighted by Gasteiger charge is 2.17. The van der Waals surface area contributed by atoms with Crippen molar-refractivity contribution in [1.29, 1.82) is 0 Å². The van der Waals surface area contributed by atoms with Crippen LogP contribution in [0.4, 0.5) is 11.4 Å². The number of hydrogen-bond donors (Lipinski definition) is 0. The lowest BCUT2D eigenvalue weighted by molar-refractivity contribution is -0.139. The number of nitrogens with zero attached hydrogens (tertiary/aromatic N) is 1. The summed E-state index contributed by atoms with van der Waals surface area (Å²) in [5, 5.41) is 2.52. The lowest BCUT2D eigenvalue weighted by atomic mass is 9.89. The van der Waals surface area contributed by atoms with E-state index in [9.17, 15) is 13.6 Å². The maximum absolute atomic E-state index is 12.1. The van der Waals surface area contributed by atoms with Crippen LogP contribution in [-0.4, -0.2) is 21.8 Å². The third-order valence-electron chi connectivity index (χ3n) is 5.91. The van der Waals surface area contributed by atoms with Crippen LogP contribution in [0.15, 0.2) is 72.8 Å². The van der Waals surface area contributed by atoms with Crippen LogP contribution in [0.2, 0.25) is 5.02 Å². The molecular weight excluding hydrogens is 470 g/mol. The van der Waals surface area contributed by atoms with Gasteiger partial charge in [-0.1, -0.05) is 54.1 Å². The van der Waals surface area contributed by atoms with Gasteiger partial charge in [-0.25, -0.2) is 0 Å². The maximum Gasteiger partial charge on any atom is 0.309 e. The molecule has 0 fully saturated rings. The highest BCUT2D eigenvalue weighted by molar-refractivity contribution is 7.81. The van der Waals surface area contributed by atoms with Gasteiger partial charge in [-0.2, -0.15) is 0 Å². The fourth-order valence-corrected chi connectivity index (χ4v) is 5.00. The molecule has 5 nitrogen and oxygen atoms in total. The Kier molecular flexibility index (Phi) is 7.03. The van der Waals surface area contributed by atoms with E-state index in [0.717, 1.165) is 38.6 Å². The second-order valence-corrected chi connectivity index (χ2v) is 9.23. The molecule has 4 aromatic rings. The first-order valence-corrected chi connectivity index (χ1v) is 12.0. The Morgan fingerprint density at radius 2 is 1.74 bits per heavy atom. The molecule has 0 aromatic heterocycles. The zero-order valence-electron chi connectivity index (χ0n) is 19.0. The van der Waals surface area contributed by atoms with Crippen LogP contribution in [0.5, 0.6) is 0 Å². The molecule has 0 aliphatic carbocycles. The van der Waals surface area contributed by atoms with E-state index in [-0.39, 0.29) is 12.4 Å². The number of fused-ring (bicyclic) bond motifs is 1. The molecule has 7 heteroatoms. The molecule has 0 heterocycles. The lowest BCUT2D eigenvalue weighted by Gasteiger charge is -2.28. The van der Waals surface area contributed by atoms with Crippen molar-refractivity contribution in [3.05, 3.63) is 94.5 Å². The molecular formula is C27H23ClNO4S-. The monoisotopic (exact) mass is 492 g/mol. The van der Waals surface area contributed by atoms with Crippen molar-refractivity contribution in [1.82, 2.24) is 0 Å². The Morgan fingerprint density at radius 1 is 1.03 bits per heavy atom. The molecule has 4 rings (SSSR count). The number of hydrogen-bond acceptors (Lipinski definition) is 4. The van der Waals surface area contributed by atoms with Crippen molar-refractivity contribution in [2.45, 2.75) is 20.3 Å². The SMILES string of the molecule is COC(=O)Cc1cc2ccc(Cl)cc2c(-c2ccc(N(c3ccccc3C)S(=O)[O-])cc2)c1C. The van der Waals surface area contributed by atoms with Crippen molar-refractivity contribution in [2.24, 2.45) is 0 Å². The van der Waals surface area contributed by atoms with Crippen LogP contribution in [0, 0.1) is 13.8 Å². The molecule has 0 amide bonds. The second-order valence-electron chi connectivity index (χ2n) is 8.00. The molecule has 1 atom stereocenters. The van der Waals surface area contributed by atoms with E-state index in [2.05, 4.69) is 0 Å². The highest BCUT2D eigenvalue weighted by Crippen LogP contribution is 2.38. The number of esters is 1. The molecule has 0 saturated carbocycles. The third-order valence-corrected chi connectivity index (χ3v) is 6.85. The van der Waals surface area contributed by atoms with Crippen LogP contribution in [0.1, 0.15) is 16.7 Å². The molecule has 0 aliphatic heterocycles. The maximum atomic E-state index is 12.1. The van der Waals surface area contributed by atoms with Gasteiger partial charge >= 0.3 is 5.97 Å². The minimum absolute atomic E-state index is 0.155. The Bertz CT molecular complexity index is 1400. The fraction of sp³-hybridized carbons (Fsp3) is 0.148. The van der Waals surface area contributed by atoms with E-state index in [1.165, 1.54) is 11.4 Å². The first-order chi connectivity index (χ1) is 16.3. The summed E-state index contributed by atoms with van der Waals surface area (Å²) in [6.45, 7) is 3.84. The van der Waals surface area contributed by atoms with E-state index in [4.69, 9.17) is 16.3 Å². The fourth-order valence-electron chi connectivity index (χ4n) is 4.17. The number of benzene rings is 4. The molecule has 0 saturated heterocycles. The molecule has 0 N–H and O–H groups in total.